The Morgan fingerprint density at radius 3 is 2.09 bits per heavy atom. The lowest BCUT2D eigenvalue weighted by Crippen LogP contribution is -2.49. The van der Waals surface area contributed by atoms with Gasteiger partial charge in [0, 0.05) is 51.0 Å². The molecule has 1 fully saturated rings. The van der Waals surface area contributed by atoms with E-state index in [2.05, 4.69) is 10.2 Å². The number of likely N-dealkylation sites (tertiary alicyclic amines) is 1. The smallest absolute Gasteiger partial charge is 0.322 e. The first-order valence-electron chi connectivity index (χ1n) is 15.3. The van der Waals surface area contributed by atoms with Gasteiger partial charge in [-0.3, -0.25) is 9.69 Å². The van der Waals surface area contributed by atoms with Gasteiger partial charge < -0.3 is 15.0 Å². The number of carbonyl (C=O) groups excluding carboxylic acids is 2. The van der Waals surface area contributed by atoms with Crippen molar-refractivity contribution in [2.45, 2.75) is 64.3 Å². The number of anilines is 1. The van der Waals surface area contributed by atoms with E-state index in [4.69, 9.17) is 4.74 Å². The van der Waals surface area contributed by atoms with Gasteiger partial charge in [0.15, 0.2) is 15.6 Å². The molecule has 0 radical (unpaired) electrons. The quantitative estimate of drug-likeness (QED) is 0.199. The number of urea groups is 1. The second-order valence-electron chi connectivity index (χ2n) is 11.5. The van der Waals surface area contributed by atoms with Crippen LogP contribution in [0.4, 0.5) is 19.3 Å². The summed E-state index contributed by atoms with van der Waals surface area (Å²) in [6.45, 7) is 6.44. The maximum atomic E-state index is 14.6. The first-order chi connectivity index (χ1) is 21.5. The maximum Gasteiger partial charge on any atom is 0.322 e. The highest BCUT2D eigenvalue weighted by atomic mass is 32.2. The van der Waals surface area contributed by atoms with Crippen LogP contribution in [0.5, 0.6) is 11.5 Å². The van der Waals surface area contributed by atoms with Gasteiger partial charge in [0.25, 0.3) is 0 Å². The normalized spacial score (nSPS) is 14.2. The summed E-state index contributed by atoms with van der Waals surface area (Å²) in [5, 5.41) is 2.59. The number of carbonyl (C=O) groups is 2. The molecule has 0 unspecified atom stereocenters. The number of rotatable bonds is 13. The van der Waals surface area contributed by atoms with E-state index in [0.717, 1.165) is 56.9 Å². The first kappa shape index (κ1) is 34.1. The van der Waals surface area contributed by atoms with Crippen LogP contribution in [0, 0.1) is 11.6 Å². The number of nitrogens with one attached hydrogen (secondary N) is 1. The Hall–Kier alpha value is -3.83. The molecule has 0 bridgehead atoms. The molecule has 3 aromatic rings. The van der Waals surface area contributed by atoms with E-state index in [1.54, 1.807) is 36.1 Å². The Kier molecular flexibility index (Phi) is 11.7. The van der Waals surface area contributed by atoms with Crippen LogP contribution in [-0.4, -0.2) is 62.0 Å². The minimum atomic E-state index is -3.10. The second kappa shape index (κ2) is 15.4. The number of piperidine rings is 1. The summed E-state index contributed by atoms with van der Waals surface area (Å²) in [7, 11) is -3.10. The van der Waals surface area contributed by atoms with Crippen LogP contribution in [0.3, 0.4) is 0 Å². The third-order valence-electron chi connectivity index (χ3n) is 7.85. The van der Waals surface area contributed by atoms with E-state index in [0.29, 0.717) is 29.7 Å². The van der Waals surface area contributed by atoms with Gasteiger partial charge in [-0.15, -0.1) is 0 Å². The topological polar surface area (TPSA) is 96.0 Å². The number of ketones is 1. The van der Waals surface area contributed by atoms with Crippen LogP contribution >= 0.6 is 0 Å². The highest BCUT2D eigenvalue weighted by Crippen LogP contribution is 2.26. The van der Waals surface area contributed by atoms with E-state index in [-0.39, 0.29) is 29.5 Å². The molecule has 4 rings (SSSR count). The fourth-order valence-electron chi connectivity index (χ4n) is 5.42. The van der Waals surface area contributed by atoms with Crippen molar-refractivity contribution in [1.29, 1.82) is 0 Å². The van der Waals surface area contributed by atoms with Gasteiger partial charge in [0.05, 0.1) is 17.0 Å². The summed E-state index contributed by atoms with van der Waals surface area (Å²) in [5.74, 6) is -1.03. The molecule has 1 heterocycles. The van der Waals surface area contributed by atoms with Gasteiger partial charge in [-0.1, -0.05) is 44.5 Å². The van der Waals surface area contributed by atoms with E-state index in [1.807, 2.05) is 31.2 Å². The van der Waals surface area contributed by atoms with Gasteiger partial charge in [-0.25, -0.2) is 22.0 Å². The molecule has 1 aliphatic heterocycles. The van der Waals surface area contributed by atoms with E-state index >= 15 is 0 Å². The Labute approximate surface area is 264 Å². The summed E-state index contributed by atoms with van der Waals surface area (Å²) < 4.78 is 57.6. The highest BCUT2D eigenvalue weighted by Gasteiger charge is 2.28. The Balaban J connectivity index is 1.32. The number of hydrogen-bond donors (Lipinski definition) is 1. The SMILES string of the molecule is CCCCN(C(=O)Nc1cc(C(=O)CC)c(F)cc1F)C1CCN(Cc2ccc(Oc3ccc(CS(C)(=O)=O)cc3)cc2)CC1. The molecule has 0 aliphatic carbocycles. The number of ether oxygens (including phenoxy) is 1. The van der Waals surface area contributed by atoms with Crippen LogP contribution < -0.4 is 10.1 Å². The van der Waals surface area contributed by atoms with Gasteiger partial charge in [0.1, 0.15) is 23.1 Å². The van der Waals surface area contributed by atoms with Crippen molar-refractivity contribution in [3.63, 3.8) is 0 Å². The zero-order valence-corrected chi connectivity index (χ0v) is 26.8. The molecule has 242 valence electrons. The van der Waals surface area contributed by atoms with Crippen molar-refractivity contribution < 1.29 is 31.5 Å². The van der Waals surface area contributed by atoms with Gasteiger partial charge in [-0.05, 0) is 60.7 Å². The molecular weight excluding hydrogens is 600 g/mol. The zero-order valence-electron chi connectivity index (χ0n) is 26.0. The number of sulfone groups is 1. The molecule has 1 aliphatic rings. The largest absolute Gasteiger partial charge is 0.457 e. The lowest BCUT2D eigenvalue weighted by atomic mass is 10.0. The van der Waals surface area contributed by atoms with Crippen LogP contribution in [0.1, 0.15) is 67.4 Å². The van der Waals surface area contributed by atoms with Crippen molar-refractivity contribution >= 4 is 27.3 Å². The predicted octanol–water partition coefficient (Wildman–Crippen LogP) is 7.19. The Bertz CT molecular complexity index is 1570. The molecule has 0 saturated carbocycles. The fraction of sp³-hybridized carbons (Fsp3) is 0.412. The predicted molar refractivity (Wildman–Crippen MR) is 171 cm³/mol. The lowest BCUT2D eigenvalue weighted by Gasteiger charge is -2.38. The van der Waals surface area contributed by atoms with Crippen LogP contribution in [0.2, 0.25) is 0 Å². The average molecular weight is 642 g/mol. The number of hydrogen-bond acceptors (Lipinski definition) is 6. The summed E-state index contributed by atoms with van der Waals surface area (Å²) in [4.78, 5) is 29.5. The minimum Gasteiger partial charge on any atom is -0.457 e. The summed E-state index contributed by atoms with van der Waals surface area (Å²) in [5.41, 5.74) is 1.39. The molecular formula is C34H41F2N3O5S. The Morgan fingerprint density at radius 2 is 1.53 bits per heavy atom. The molecule has 0 atom stereocenters. The molecule has 1 N–H and O–H groups in total. The monoisotopic (exact) mass is 641 g/mol. The Morgan fingerprint density at radius 1 is 0.933 bits per heavy atom. The van der Waals surface area contributed by atoms with Crippen molar-refractivity contribution in [2.24, 2.45) is 0 Å². The minimum absolute atomic E-state index is 0.0117. The summed E-state index contributed by atoms with van der Waals surface area (Å²) in [6.07, 6.45) is 4.45. The molecule has 1 saturated heterocycles. The van der Waals surface area contributed by atoms with Crippen LogP contribution in [-0.2, 0) is 22.1 Å². The van der Waals surface area contributed by atoms with Crippen molar-refractivity contribution in [3.8, 4) is 11.5 Å². The standard InChI is InChI=1S/C34H41F2N3O5S/c1-4-6-17-39(34(41)37-32-20-29(33(40)5-2)30(35)21-31(32)36)26-15-18-38(19-16-26)22-24-7-11-27(12-8-24)44-28-13-9-25(10-14-28)23-45(3,42)43/h7-14,20-21,26H,4-6,15-19,22-23H2,1-3H3,(H,37,41). The van der Waals surface area contributed by atoms with Crippen LogP contribution in [0.25, 0.3) is 0 Å². The van der Waals surface area contributed by atoms with Crippen molar-refractivity contribution in [3.05, 3.63) is 89.0 Å². The van der Waals surface area contributed by atoms with Gasteiger partial charge in [0.2, 0.25) is 0 Å². The van der Waals surface area contributed by atoms with E-state index in [9.17, 15) is 26.8 Å². The molecule has 2 amide bonds. The third-order valence-corrected chi connectivity index (χ3v) is 8.71. The second-order valence-corrected chi connectivity index (χ2v) is 13.7. The first-order valence-corrected chi connectivity index (χ1v) is 17.4. The summed E-state index contributed by atoms with van der Waals surface area (Å²) in [6, 6.07) is 16.1. The number of Topliss-reactive ketones (excluding diaryl/α,β-unsaturated/α-hetero) is 1. The maximum absolute atomic E-state index is 14.6. The fourth-order valence-corrected chi connectivity index (χ4v) is 6.22. The zero-order chi connectivity index (χ0) is 32.6. The molecule has 0 aromatic heterocycles. The van der Waals surface area contributed by atoms with E-state index < -0.39 is 33.3 Å². The molecule has 3 aromatic carbocycles. The van der Waals surface area contributed by atoms with Crippen molar-refractivity contribution in [2.75, 3.05) is 31.2 Å². The van der Waals surface area contributed by atoms with Gasteiger partial charge >= 0.3 is 6.03 Å². The highest BCUT2D eigenvalue weighted by molar-refractivity contribution is 7.89. The molecule has 8 nitrogen and oxygen atoms in total. The number of halogens is 2. The van der Waals surface area contributed by atoms with Gasteiger partial charge in [-0.2, -0.15) is 0 Å². The van der Waals surface area contributed by atoms with Crippen molar-refractivity contribution in [1.82, 2.24) is 9.80 Å². The molecule has 11 heteroatoms. The number of benzene rings is 3. The number of nitrogens with zero attached hydrogens (tertiary/aromatic N) is 2. The molecule has 0 spiro atoms. The number of unbranched alkanes of at least 4 members (excludes halogenated alkanes) is 1. The third kappa shape index (κ3) is 9.83. The van der Waals surface area contributed by atoms with Crippen LogP contribution in [0.15, 0.2) is 60.7 Å². The number of amides is 2. The summed E-state index contributed by atoms with van der Waals surface area (Å²) >= 11 is 0. The van der Waals surface area contributed by atoms with E-state index in [1.165, 1.54) is 6.26 Å². The lowest BCUT2D eigenvalue weighted by molar-refractivity contribution is 0.0984. The average Bonchev–Trinajstić information content (AvgIpc) is 3.00. The molecule has 45 heavy (non-hydrogen) atoms.